The van der Waals surface area contributed by atoms with Gasteiger partial charge in [0.1, 0.15) is 0 Å². The number of nitrogens with zero attached hydrogens (tertiary/aromatic N) is 2. The van der Waals surface area contributed by atoms with Crippen LogP contribution in [0.5, 0.6) is 0 Å². The molecule has 0 amide bonds. The first-order valence-corrected chi connectivity index (χ1v) is 7.75. The molecule has 0 bridgehead atoms. The van der Waals surface area contributed by atoms with E-state index in [1.54, 1.807) is 0 Å². The molecule has 2 N–H and O–H groups in total. The Bertz CT molecular complexity index is 466. The molecule has 1 aromatic heterocycles. The summed E-state index contributed by atoms with van der Waals surface area (Å²) in [6.45, 7) is 14.1. The third-order valence-corrected chi connectivity index (χ3v) is 4.70. The van der Waals surface area contributed by atoms with Crippen LogP contribution >= 0.6 is 0 Å². The quantitative estimate of drug-likeness (QED) is 0.899. The summed E-state index contributed by atoms with van der Waals surface area (Å²) < 4.78 is 0. The van der Waals surface area contributed by atoms with E-state index in [0.29, 0.717) is 12.0 Å². The van der Waals surface area contributed by atoms with Crippen molar-refractivity contribution in [1.82, 2.24) is 4.98 Å². The lowest BCUT2D eigenvalue weighted by atomic mass is 9.75. The van der Waals surface area contributed by atoms with Crippen molar-refractivity contribution in [2.24, 2.45) is 17.1 Å². The summed E-state index contributed by atoms with van der Waals surface area (Å²) in [7, 11) is 0. The first-order chi connectivity index (χ1) is 9.32. The topological polar surface area (TPSA) is 42.1 Å². The first-order valence-electron chi connectivity index (χ1n) is 7.75. The molecule has 0 unspecified atom stereocenters. The zero-order valence-corrected chi connectivity index (χ0v) is 13.7. The van der Waals surface area contributed by atoms with Crippen LogP contribution in [0.1, 0.15) is 50.6 Å². The van der Waals surface area contributed by atoms with Gasteiger partial charge < -0.3 is 10.6 Å². The molecule has 0 radical (unpaired) electrons. The van der Waals surface area contributed by atoms with Crippen LogP contribution < -0.4 is 10.6 Å². The Morgan fingerprint density at radius 2 is 1.85 bits per heavy atom. The maximum absolute atomic E-state index is 5.94. The van der Waals surface area contributed by atoms with Gasteiger partial charge in [-0.25, -0.2) is 0 Å². The third kappa shape index (κ3) is 3.14. The average molecular weight is 275 g/mol. The highest BCUT2D eigenvalue weighted by Gasteiger charge is 2.29. The highest BCUT2D eigenvalue weighted by molar-refractivity contribution is 5.56. The Morgan fingerprint density at radius 3 is 2.35 bits per heavy atom. The Hall–Kier alpha value is -1.09. The van der Waals surface area contributed by atoms with Crippen LogP contribution in [0, 0.1) is 25.2 Å². The van der Waals surface area contributed by atoms with Crippen molar-refractivity contribution < 1.29 is 0 Å². The van der Waals surface area contributed by atoms with E-state index in [4.69, 9.17) is 5.73 Å². The summed E-state index contributed by atoms with van der Waals surface area (Å²) in [5.41, 5.74) is 11.1. The van der Waals surface area contributed by atoms with Gasteiger partial charge in [0.2, 0.25) is 0 Å². The van der Waals surface area contributed by atoms with Crippen molar-refractivity contribution in [3.05, 3.63) is 23.0 Å². The molecule has 0 spiro atoms. The number of rotatable bonds is 2. The molecule has 0 saturated carbocycles. The third-order valence-electron chi connectivity index (χ3n) is 4.70. The molecule has 1 saturated heterocycles. The van der Waals surface area contributed by atoms with E-state index in [1.165, 1.54) is 24.1 Å². The number of hydrogen-bond donors (Lipinski definition) is 1. The van der Waals surface area contributed by atoms with Gasteiger partial charge in [-0.3, -0.25) is 4.98 Å². The fourth-order valence-corrected chi connectivity index (χ4v) is 3.36. The molecule has 1 fully saturated rings. The number of anilines is 1. The van der Waals surface area contributed by atoms with Crippen LogP contribution in [-0.2, 0) is 6.54 Å². The van der Waals surface area contributed by atoms with Gasteiger partial charge in [-0.1, -0.05) is 20.8 Å². The summed E-state index contributed by atoms with van der Waals surface area (Å²) >= 11 is 0. The molecule has 1 aliphatic rings. The smallest absolute Gasteiger partial charge is 0.0448 e. The molecule has 3 heteroatoms. The molecule has 112 valence electrons. The van der Waals surface area contributed by atoms with E-state index in [1.807, 2.05) is 0 Å². The van der Waals surface area contributed by atoms with Gasteiger partial charge in [0.15, 0.2) is 0 Å². The van der Waals surface area contributed by atoms with E-state index >= 15 is 0 Å². The molecule has 0 atom stereocenters. The number of aromatic nitrogens is 1. The minimum Gasteiger partial charge on any atom is -0.371 e. The van der Waals surface area contributed by atoms with E-state index < -0.39 is 0 Å². The van der Waals surface area contributed by atoms with Gasteiger partial charge in [-0.2, -0.15) is 0 Å². The fourth-order valence-electron chi connectivity index (χ4n) is 3.36. The molecule has 1 aromatic rings. The Morgan fingerprint density at radius 1 is 1.25 bits per heavy atom. The van der Waals surface area contributed by atoms with Gasteiger partial charge in [-0.05, 0) is 44.1 Å². The molecule has 0 aromatic carbocycles. The van der Waals surface area contributed by atoms with Gasteiger partial charge in [-0.15, -0.1) is 0 Å². The molecule has 3 nitrogen and oxygen atoms in total. The van der Waals surface area contributed by atoms with Crippen molar-refractivity contribution in [2.75, 3.05) is 18.0 Å². The van der Waals surface area contributed by atoms with Gasteiger partial charge >= 0.3 is 0 Å². The number of piperidine rings is 1. The van der Waals surface area contributed by atoms with Gasteiger partial charge in [0.25, 0.3) is 0 Å². The molecule has 1 aliphatic heterocycles. The maximum Gasteiger partial charge on any atom is 0.0448 e. The summed E-state index contributed by atoms with van der Waals surface area (Å²) in [5.74, 6) is 0.823. The van der Waals surface area contributed by atoms with E-state index in [0.717, 1.165) is 30.4 Å². The first kappa shape index (κ1) is 15.3. The van der Waals surface area contributed by atoms with Crippen molar-refractivity contribution >= 4 is 5.69 Å². The normalized spacial score (nSPS) is 17.6. The van der Waals surface area contributed by atoms with Gasteiger partial charge in [0.05, 0.1) is 0 Å². The second-order valence-electron chi connectivity index (χ2n) is 7.18. The van der Waals surface area contributed by atoms with Crippen molar-refractivity contribution in [1.29, 1.82) is 0 Å². The number of nitrogens with two attached hydrogens (primary N) is 1. The van der Waals surface area contributed by atoms with Crippen LogP contribution in [0.2, 0.25) is 0 Å². The summed E-state index contributed by atoms with van der Waals surface area (Å²) in [6, 6.07) is 2.20. The number of aryl methyl sites for hydroxylation is 2. The minimum absolute atomic E-state index is 0.423. The monoisotopic (exact) mass is 275 g/mol. The molecule has 0 aliphatic carbocycles. The van der Waals surface area contributed by atoms with E-state index in [-0.39, 0.29) is 0 Å². The Balaban J connectivity index is 2.19. The molecular weight excluding hydrogens is 246 g/mol. The van der Waals surface area contributed by atoms with Crippen molar-refractivity contribution in [2.45, 2.75) is 54.0 Å². The molecule has 2 rings (SSSR count). The fraction of sp³-hybridized carbons (Fsp3) is 0.706. The average Bonchev–Trinajstić information content (AvgIpc) is 2.37. The van der Waals surface area contributed by atoms with Gasteiger partial charge in [0, 0.05) is 42.3 Å². The Labute approximate surface area is 123 Å². The summed E-state index contributed by atoms with van der Waals surface area (Å²) in [6.07, 6.45) is 2.54. The summed E-state index contributed by atoms with van der Waals surface area (Å²) in [4.78, 5) is 7.05. The number of pyridine rings is 1. The maximum atomic E-state index is 5.94. The highest BCUT2D eigenvalue weighted by atomic mass is 15.1. The molecular formula is C17H29N3. The molecule has 2 heterocycles. The zero-order chi connectivity index (χ0) is 14.9. The second kappa shape index (κ2) is 5.72. The van der Waals surface area contributed by atoms with Crippen LogP contribution in [0.4, 0.5) is 5.69 Å². The van der Waals surface area contributed by atoms with Crippen LogP contribution in [-0.4, -0.2) is 18.1 Å². The molecule has 20 heavy (non-hydrogen) atoms. The lowest BCUT2D eigenvalue weighted by molar-refractivity contribution is 0.199. The highest BCUT2D eigenvalue weighted by Crippen LogP contribution is 2.36. The predicted octanol–water partition coefficient (Wildman–Crippen LogP) is 3.42. The SMILES string of the molecule is Cc1cc(N2CCC(C(C)(C)C)CC2)c(CN)c(C)n1. The zero-order valence-electron chi connectivity index (χ0n) is 13.7. The van der Waals surface area contributed by atoms with Crippen LogP contribution in [0.25, 0.3) is 0 Å². The Kier molecular flexibility index (Phi) is 4.38. The lowest BCUT2D eigenvalue weighted by Gasteiger charge is -2.40. The predicted molar refractivity (Wildman–Crippen MR) is 86.0 cm³/mol. The van der Waals surface area contributed by atoms with Crippen LogP contribution in [0.15, 0.2) is 6.07 Å². The largest absolute Gasteiger partial charge is 0.371 e. The van der Waals surface area contributed by atoms with Crippen molar-refractivity contribution in [3.8, 4) is 0 Å². The summed E-state index contributed by atoms with van der Waals surface area (Å²) in [5, 5.41) is 0. The standard InChI is InChI=1S/C17H29N3/c1-12-10-16(15(11-18)13(2)19-12)20-8-6-14(7-9-20)17(3,4)5/h10,14H,6-9,11,18H2,1-5H3. The van der Waals surface area contributed by atoms with E-state index in [9.17, 15) is 0 Å². The lowest BCUT2D eigenvalue weighted by Crippen LogP contribution is -2.38. The van der Waals surface area contributed by atoms with Crippen molar-refractivity contribution in [3.63, 3.8) is 0 Å². The van der Waals surface area contributed by atoms with Crippen LogP contribution in [0.3, 0.4) is 0 Å². The minimum atomic E-state index is 0.423. The second-order valence-corrected chi connectivity index (χ2v) is 7.18. The van der Waals surface area contributed by atoms with E-state index in [2.05, 4.69) is 50.6 Å². The number of hydrogen-bond acceptors (Lipinski definition) is 3.